The molecule has 0 saturated heterocycles. The van der Waals surface area contributed by atoms with Gasteiger partial charge in [-0.05, 0) is 6.26 Å². The minimum Gasteiger partial charge on any atom is -0.369 e. The van der Waals surface area contributed by atoms with Crippen molar-refractivity contribution in [3.63, 3.8) is 0 Å². The van der Waals surface area contributed by atoms with E-state index in [-0.39, 0.29) is 0 Å². The highest BCUT2D eigenvalue weighted by atomic mass is 32.2. The van der Waals surface area contributed by atoms with E-state index >= 15 is 0 Å². The van der Waals surface area contributed by atoms with Crippen molar-refractivity contribution in [2.24, 2.45) is 0 Å². The Morgan fingerprint density at radius 2 is 2.50 bits per heavy atom. The summed E-state index contributed by atoms with van der Waals surface area (Å²) in [5.74, 6) is 0. The molecule has 0 aliphatic carbocycles. The molecular weight excluding hydrogens is 114 g/mol. The van der Waals surface area contributed by atoms with E-state index in [0.717, 1.165) is 4.32 Å². The zero-order chi connectivity index (χ0) is 4.99. The van der Waals surface area contributed by atoms with Gasteiger partial charge in [0.25, 0.3) is 0 Å². The van der Waals surface area contributed by atoms with Crippen LogP contribution in [0.5, 0.6) is 0 Å². The second-order valence-electron chi connectivity index (χ2n) is 0.668. The SMILES string of the molecule is [CH2]NC(=S)SC. The Morgan fingerprint density at radius 3 is 2.50 bits per heavy atom. The Balaban J connectivity index is 2.99. The lowest BCUT2D eigenvalue weighted by Gasteiger charge is -1.90. The zero-order valence-electron chi connectivity index (χ0n) is 3.52. The number of rotatable bonds is 0. The summed E-state index contributed by atoms with van der Waals surface area (Å²) in [6.45, 7) is 0. The van der Waals surface area contributed by atoms with Gasteiger partial charge in [-0.1, -0.05) is 12.2 Å². The minimum atomic E-state index is 0.731. The molecule has 0 aromatic carbocycles. The van der Waals surface area contributed by atoms with Gasteiger partial charge in [0.05, 0.1) is 0 Å². The van der Waals surface area contributed by atoms with Crippen LogP contribution in [0.2, 0.25) is 0 Å². The number of thiocarbonyl (C=S) groups is 1. The summed E-state index contributed by atoms with van der Waals surface area (Å²) in [5, 5.41) is 2.56. The van der Waals surface area contributed by atoms with Crippen LogP contribution in [0.4, 0.5) is 0 Å². The van der Waals surface area contributed by atoms with Gasteiger partial charge in [-0.25, -0.2) is 0 Å². The third-order valence-electron chi connectivity index (χ3n) is 0.330. The topological polar surface area (TPSA) is 12.0 Å². The van der Waals surface area contributed by atoms with Gasteiger partial charge < -0.3 is 5.32 Å². The highest BCUT2D eigenvalue weighted by molar-refractivity contribution is 8.22. The van der Waals surface area contributed by atoms with Crippen LogP contribution < -0.4 is 5.32 Å². The molecule has 0 atom stereocenters. The normalized spacial score (nSPS) is 7.67. The Hall–Kier alpha value is 0.240. The molecule has 0 bridgehead atoms. The molecule has 0 aliphatic rings. The second kappa shape index (κ2) is 3.43. The molecule has 1 radical (unpaired) electrons. The van der Waals surface area contributed by atoms with Crippen LogP contribution in [0.3, 0.4) is 0 Å². The fourth-order valence-corrected chi connectivity index (χ4v) is 0.217. The largest absolute Gasteiger partial charge is 0.369 e. The lowest BCUT2D eigenvalue weighted by molar-refractivity contribution is 1.35. The Morgan fingerprint density at radius 1 is 2.00 bits per heavy atom. The molecule has 0 spiro atoms. The van der Waals surface area contributed by atoms with Crippen molar-refractivity contribution >= 4 is 28.3 Å². The van der Waals surface area contributed by atoms with E-state index in [9.17, 15) is 0 Å². The van der Waals surface area contributed by atoms with E-state index in [1.165, 1.54) is 11.8 Å². The zero-order valence-corrected chi connectivity index (χ0v) is 5.16. The highest BCUT2D eigenvalue weighted by Crippen LogP contribution is 1.90. The van der Waals surface area contributed by atoms with E-state index in [0.29, 0.717) is 0 Å². The summed E-state index contributed by atoms with van der Waals surface area (Å²) < 4.78 is 0.731. The molecular formula is C3H6NS2. The van der Waals surface area contributed by atoms with E-state index in [1.54, 1.807) is 0 Å². The van der Waals surface area contributed by atoms with Crippen molar-refractivity contribution in [1.29, 1.82) is 0 Å². The maximum Gasteiger partial charge on any atom is 0.133 e. The van der Waals surface area contributed by atoms with Crippen LogP contribution in [0.1, 0.15) is 0 Å². The Bertz CT molecular complexity index is 46.8. The van der Waals surface area contributed by atoms with Crippen LogP contribution in [-0.2, 0) is 0 Å². The summed E-state index contributed by atoms with van der Waals surface area (Å²) in [5.41, 5.74) is 0. The molecule has 1 N–H and O–H groups in total. The molecule has 0 unspecified atom stereocenters. The molecule has 0 heterocycles. The monoisotopic (exact) mass is 120 g/mol. The fourth-order valence-electron chi connectivity index (χ4n) is 0.0722. The van der Waals surface area contributed by atoms with Crippen molar-refractivity contribution in [3.8, 4) is 0 Å². The molecule has 0 aromatic heterocycles. The third-order valence-corrected chi connectivity index (χ3v) is 1.49. The predicted octanol–water partition coefficient (Wildman–Crippen LogP) is 1.02. The van der Waals surface area contributed by atoms with Gasteiger partial charge in [-0.15, -0.1) is 11.8 Å². The Kier molecular flexibility index (Phi) is 3.57. The van der Waals surface area contributed by atoms with Gasteiger partial charge in [0.1, 0.15) is 4.32 Å². The molecule has 0 aromatic rings. The summed E-state index contributed by atoms with van der Waals surface area (Å²) in [4.78, 5) is 0. The van der Waals surface area contributed by atoms with Gasteiger partial charge in [0.15, 0.2) is 0 Å². The molecule has 6 heavy (non-hydrogen) atoms. The molecule has 1 nitrogen and oxygen atoms in total. The van der Waals surface area contributed by atoms with Crippen LogP contribution in [0, 0.1) is 7.05 Å². The fraction of sp³-hybridized carbons (Fsp3) is 0.333. The van der Waals surface area contributed by atoms with Gasteiger partial charge in [-0.3, -0.25) is 0 Å². The van der Waals surface area contributed by atoms with Gasteiger partial charge in [0.2, 0.25) is 0 Å². The maximum absolute atomic E-state index is 4.65. The van der Waals surface area contributed by atoms with Crippen molar-refractivity contribution < 1.29 is 0 Å². The lowest BCUT2D eigenvalue weighted by atomic mass is 11.2. The van der Waals surface area contributed by atoms with Crippen LogP contribution in [-0.4, -0.2) is 10.6 Å². The molecule has 0 saturated carbocycles. The van der Waals surface area contributed by atoms with Crippen molar-refractivity contribution in [2.75, 3.05) is 6.26 Å². The first-order valence-corrected chi connectivity index (χ1v) is 3.05. The van der Waals surface area contributed by atoms with Crippen LogP contribution in [0.25, 0.3) is 0 Å². The van der Waals surface area contributed by atoms with Crippen molar-refractivity contribution in [2.45, 2.75) is 0 Å². The summed E-state index contributed by atoms with van der Waals surface area (Å²) in [7, 11) is 3.34. The first-order valence-electron chi connectivity index (χ1n) is 1.42. The van der Waals surface area contributed by atoms with E-state index < -0.39 is 0 Å². The Labute approximate surface area is 47.5 Å². The van der Waals surface area contributed by atoms with E-state index in [2.05, 4.69) is 24.6 Å². The van der Waals surface area contributed by atoms with Gasteiger partial charge >= 0.3 is 0 Å². The second-order valence-corrected chi connectivity index (χ2v) is 2.15. The molecule has 0 amide bonds. The first kappa shape index (κ1) is 6.24. The van der Waals surface area contributed by atoms with Crippen LogP contribution >= 0.6 is 24.0 Å². The number of hydrogen-bond donors (Lipinski definition) is 1. The molecule has 3 heteroatoms. The van der Waals surface area contributed by atoms with E-state index in [4.69, 9.17) is 0 Å². The smallest absolute Gasteiger partial charge is 0.133 e. The summed E-state index contributed by atoms with van der Waals surface area (Å²) >= 11 is 6.13. The predicted molar refractivity (Wildman–Crippen MR) is 34.6 cm³/mol. The minimum absolute atomic E-state index is 0.731. The molecule has 0 aliphatic heterocycles. The van der Waals surface area contributed by atoms with Crippen molar-refractivity contribution in [1.82, 2.24) is 5.32 Å². The average molecular weight is 120 g/mol. The number of thioether (sulfide) groups is 1. The van der Waals surface area contributed by atoms with Gasteiger partial charge in [0, 0.05) is 7.05 Å². The molecule has 35 valence electrons. The van der Waals surface area contributed by atoms with Crippen LogP contribution in [0.15, 0.2) is 0 Å². The molecule has 0 rings (SSSR count). The van der Waals surface area contributed by atoms with Gasteiger partial charge in [-0.2, -0.15) is 0 Å². The maximum atomic E-state index is 4.65. The highest BCUT2D eigenvalue weighted by Gasteiger charge is 1.79. The summed E-state index contributed by atoms with van der Waals surface area (Å²) in [6.07, 6.45) is 1.90. The molecule has 0 fully saturated rings. The number of nitrogens with one attached hydrogen (secondary N) is 1. The number of hydrogen-bond acceptors (Lipinski definition) is 2. The summed E-state index contributed by atoms with van der Waals surface area (Å²) in [6, 6.07) is 0. The third kappa shape index (κ3) is 2.48. The average Bonchev–Trinajstić information content (AvgIpc) is 1.65. The lowest BCUT2D eigenvalue weighted by Crippen LogP contribution is -2.06. The van der Waals surface area contributed by atoms with Crippen molar-refractivity contribution in [3.05, 3.63) is 7.05 Å². The first-order chi connectivity index (χ1) is 2.81. The van der Waals surface area contributed by atoms with E-state index in [1.807, 2.05) is 6.26 Å². The standard InChI is InChI=1S/C3H6NS2/c1-4-3(5)6-2/h1H2,2H3,(H,4,5). The quantitative estimate of drug-likeness (QED) is 0.479.